The fourth-order valence-corrected chi connectivity index (χ4v) is 5.73. The summed E-state index contributed by atoms with van der Waals surface area (Å²) in [5.74, 6) is 0.0321. The van der Waals surface area contributed by atoms with Gasteiger partial charge < -0.3 is 0 Å². The van der Waals surface area contributed by atoms with Gasteiger partial charge in [-0.25, -0.2) is 0 Å². The van der Waals surface area contributed by atoms with E-state index in [1.165, 1.54) is 30.8 Å². The van der Waals surface area contributed by atoms with Crippen molar-refractivity contribution in [1.29, 1.82) is 0 Å². The number of allylic oxidation sites excluding steroid dienone is 3. The Labute approximate surface area is 182 Å². The highest BCUT2D eigenvalue weighted by Crippen LogP contribution is 2.40. The molecule has 0 aliphatic heterocycles. The van der Waals surface area contributed by atoms with E-state index in [0.29, 0.717) is 0 Å². The fourth-order valence-electron chi connectivity index (χ4n) is 2.76. The van der Waals surface area contributed by atoms with Crippen molar-refractivity contribution in [3.05, 3.63) is 107 Å². The molecule has 4 heteroatoms. The van der Waals surface area contributed by atoms with Crippen LogP contribution in [0.3, 0.4) is 0 Å². The molecule has 0 saturated carbocycles. The zero-order valence-electron chi connectivity index (χ0n) is 15.6. The standard InChI is InChI=1S/C25H18OS3/c1-2-19-12-13-22(27-19)23-16-17-25(29-23)24-15-14-21(28-24)20(26)11-7-6-10-18-8-4-3-5-9-18/h2-17H,1H2/b10-6+,11-7+. The summed E-state index contributed by atoms with van der Waals surface area (Å²) in [6, 6.07) is 22.5. The summed E-state index contributed by atoms with van der Waals surface area (Å²) < 4.78 is 0. The zero-order valence-corrected chi connectivity index (χ0v) is 18.0. The molecule has 0 amide bonds. The van der Waals surface area contributed by atoms with Gasteiger partial charge in [0.15, 0.2) is 5.78 Å². The van der Waals surface area contributed by atoms with Crippen LogP contribution >= 0.6 is 34.0 Å². The molecule has 1 nitrogen and oxygen atoms in total. The first-order chi connectivity index (χ1) is 14.2. The summed E-state index contributed by atoms with van der Waals surface area (Å²) in [4.78, 5) is 19.2. The van der Waals surface area contributed by atoms with Gasteiger partial charge in [-0.05, 0) is 48.0 Å². The second kappa shape index (κ2) is 9.14. The third-order valence-corrected chi connectivity index (χ3v) is 7.87. The zero-order chi connectivity index (χ0) is 20.1. The summed E-state index contributed by atoms with van der Waals surface area (Å²) in [5, 5.41) is 0. The van der Waals surface area contributed by atoms with Crippen LogP contribution in [0.1, 0.15) is 20.1 Å². The third kappa shape index (κ3) is 4.80. The summed E-state index contributed by atoms with van der Waals surface area (Å²) in [6.07, 6.45) is 9.18. The largest absolute Gasteiger partial charge is 0.288 e. The highest BCUT2D eigenvalue weighted by molar-refractivity contribution is 7.27. The number of hydrogen-bond donors (Lipinski definition) is 0. The number of rotatable bonds is 7. The number of thiophene rings is 3. The molecule has 0 bridgehead atoms. The van der Waals surface area contributed by atoms with E-state index >= 15 is 0 Å². The Bertz CT molecular complexity index is 1190. The van der Waals surface area contributed by atoms with Crippen molar-refractivity contribution in [2.75, 3.05) is 0 Å². The molecule has 4 aromatic rings. The minimum atomic E-state index is 0.0321. The van der Waals surface area contributed by atoms with E-state index in [2.05, 4.69) is 30.8 Å². The lowest BCUT2D eigenvalue weighted by Gasteiger charge is -1.91. The van der Waals surface area contributed by atoms with Crippen molar-refractivity contribution >= 4 is 51.9 Å². The molecule has 3 aromatic heterocycles. The van der Waals surface area contributed by atoms with Crippen LogP contribution in [0.15, 0.2) is 91.5 Å². The van der Waals surface area contributed by atoms with Crippen LogP contribution < -0.4 is 0 Å². The third-order valence-electron chi connectivity index (χ3n) is 4.22. The van der Waals surface area contributed by atoms with Gasteiger partial charge in [0.05, 0.1) is 4.88 Å². The predicted molar refractivity (Wildman–Crippen MR) is 130 cm³/mol. The summed E-state index contributed by atoms with van der Waals surface area (Å²) >= 11 is 5.03. The van der Waals surface area contributed by atoms with Gasteiger partial charge in [-0.3, -0.25) is 4.79 Å². The molecule has 142 valence electrons. The number of carbonyl (C=O) groups is 1. The average Bonchev–Trinajstić information content (AvgIpc) is 3.51. The van der Waals surface area contributed by atoms with Crippen molar-refractivity contribution < 1.29 is 4.79 Å². The number of carbonyl (C=O) groups excluding carboxylic acids is 1. The van der Waals surface area contributed by atoms with Crippen LogP contribution in [0.4, 0.5) is 0 Å². The molecular formula is C25H18OS3. The van der Waals surface area contributed by atoms with Crippen molar-refractivity contribution in [3.8, 4) is 19.5 Å². The fraction of sp³-hybridized carbons (Fsp3) is 0. The second-order valence-electron chi connectivity index (χ2n) is 6.23. The smallest absolute Gasteiger partial charge is 0.195 e. The molecule has 0 N–H and O–H groups in total. The Balaban J connectivity index is 1.44. The lowest BCUT2D eigenvalue weighted by Crippen LogP contribution is -1.87. The van der Waals surface area contributed by atoms with E-state index in [4.69, 9.17) is 0 Å². The summed E-state index contributed by atoms with van der Waals surface area (Å²) in [7, 11) is 0. The SMILES string of the molecule is C=Cc1ccc(-c2ccc(-c3ccc(C(=O)/C=C/C=C/c4ccccc4)s3)s2)s1. The Morgan fingerprint density at radius 1 is 0.724 bits per heavy atom. The number of benzene rings is 1. The van der Waals surface area contributed by atoms with E-state index in [-0.39, 0.29) is 5.78 Å². The van der Waals surface area contributed by atoms with Gasteiger partial charge in [-0.2, -0.15) is 0 Å². The predicted octanol–water partition coefficient (Wildman–Crippen LogP) is 8.30. The lowest BCUT2D eigenvalue weighted by molar-refractivity contribution is 0.105. The van der Waals surface area contributed by atoms with Crippen LogP contribution in [0.5, 0.6) is 0 Å². The first-order valence-corrected chi connectivity index (χ1v) is 11.5. The van der Waals surface area contributed by atoms with Gasteiger partial charge in [-0.15, -0.1) is 34.0 Å². The molecule has 0 radical (unpaired) electrons. The number of hydrogen-bond acceptors (Lipinski definition) is 4. The van der Waals surface area contributed by atoms with Crippen molar-refractivity contribution in [2.24, 2.45) is 0 Å². The Kier molecular flexibility index (Phi) is 6.15. The molecule has 4 rings (SSSR count). The summed E-state index contributed by atoms with van der Waals surface area (Å²) in [5.41, 5.74) is 1.11. The lowest BCUT2D eigenvalue weighted by atomic mass is 10.2. The highest BCUT2D eigenvalue weighted by Gasteiger charge is 2.11. The highest BCUT2D eigenvalue weighted by atomic mass is 32.1. The molecule has 1 aromatic carbocycles. The Morgan fingerprint density at radius 3 is 2.10 bits per heavy atom. The molecule has 29 heavy (non-hydrogen) atoms. The molecule has 0 aliphatic carbocycles. The molecule has 0 atom stereocenters. The van der Waals surface area contributed by atoms with Gasteiger partial charge >= 0.3 is 0 Å². The quantitative estimate of drug-likeness (QED) is 0.164. The van der Waals surface area contributed by atoms with Gasteiger partial charge in [0, 0.05) is 24.4 Å². The normalized spacial score (nSPS) is 11.4. The first kappa shape index (κ1) is 19.5. The minimum absolute atomic E-state index is 0.0321. The van der Waals surface area contributed by atoms with Gasteiger partial charge in [0.2, 0.25) is 0 Å². The second-order valence-corrected chi connectivity index (χ2v) is 9.51. The molecular weight excluding hydrogens is 412 g/mol. The molecule has 0 saturated heterocycles. The first-order valence-electron chi connectivity index (χ1n) is 9.10. The molecule has 0 spiro atoms. The number of ketones is 1. The van der Waals surface area contributed by atoms with Crippen molar-refractivity contribution in [1.82, 2.24) is 0 Å². The maximum atomic E-state index is 12.4. The van der Waals surface area contributed by atoms with Gasteiger partial charge in [0.1, 0.15) is 0 Å². The van der Waals surface area contributed by atoms with Crippen LogP contribution in [0.25, 0.3) is 31.7 Å². The van der Waals surface area contributed by atoms with E-state index in [9.17, 15) is 4.79 Å². The Morgan fingerprint density at radius 2 is 1.38 bits per heavy atom. The summed E-state index contributed by atoms with van der Waals surface area (Å²) in [6.45, 7) is 3.83. The van der Waals surface area contributed by atoms with Crippen LogP contribution in [-0.4, -0.2) is 5.78 Å². The van der Waals surface area contributed by atoms with Crippen LogP contribution in [0.2, 0.25) is 0 Å². The molecule has 0 aliphatic rings. The molecule has 0 fully saturated rings. The van der Waals surface area contributed by atoms with Crippen molar-refractivity contribution in [2.45, 2.75) is 0 Å². The van der Waals surface area contributed by atoms with E-state index in [1.54, 1.807) is 34.8 Å². The van der Waals surface area contributed by atoms with E-state index in [0.717, 1.165) is 15.3 Å². The van der Waals surface area contributed by atoms with E-state index in [1.807, 2.05) is 60.7 Å². The molecule has 0 unspecified atom stereocenters. The van der Waals surface area contributed by atoms with Crippen molar-refractivity contribution in [3.63, 3.8) is 0 Å². The van der Waals surface area contributed by atoms with E-state index < -0.39 is 0 Å². The van der Waals surface area contributed by atoms with Crippen LogP contribution in [-0.2, 0) is 0 Å². The monoisotopic (exact) mass is 430 g/mol. The van der Waals surface area contributed by atoms with Gasteiger partial charge in [0.25, 0.3) is 0 Å². The maximum absolute atomic E-state index is 12.4. The van der Waals surface area contributed by atoms with Crippen LogP contribution in [0, 0.1) is 0 Å². The molecule has 3 heterocycles. The van der Waals surface area contributed by atoms with Gasteiger partial charge in [-0.1, -0.05) is 61.2 Å². The topological polar surface area (TPSA) is 17.1 Å². The maximum Gasteiger partial charge on any atom is 0.195 e. The average molecular weight is 431 g/mol. The minimum Gasteiger partial charge on any atom is -0.288 e. The Hall–Kier alpha value is -2.79.